The van der Waals surface area contributed by atoms with E-state index in [4.69, 9.17) is 4.74 Å². The van der Waals surface area contributed by atoms with Crippen LogP contribution in [0.4, 0.5) is 8.78 Å². The van der Waals surface area contributed by atoms with Crippen LogP contribution in [0.15, 0.2) is 35.9 Å². The summed E-state index contributed by atoms with van der Waals surface area (Å²) in [6.45, 7) is 3.58. The largest absolute Gasteiger partial charge is 0.498 e. The molecule has 0 fully saturated rings. The molecule has 0 atom stereocenters. The number of aliphatic hydroxyl groups is 1. The number of benzene rings is 1. The van der Waals surface area contributed by atoms with Crippen molar-refractivity contribution in [2.75, 3.05) is 7.11 Å². The Balaban J connectivity index is 2.13. The first-order chi connectivity index (χ1) is 13.0. The summed E-state index contributed by atoms with van der Waals surface area (Å²) in [7, 11) is 1.45. The molecule has 0 saturated heterocycles. The number of nitrogens with zero attached hydrogens (tertiary/aromatic N) is 2. The van der Waals surface area contributed by atoms with Crippen molar-refractivity contribution in [1.82, 2.24) is 9.55 Å². The first-order valence-corrected chi connectivity index (χ1v) is 9.11. The molecule has 1 N–H and O–H groups in total. The molecule has 1 aliphatic carbocycles. The predicted octanol–water partition coefficient (Wildman–Crippen LogP) is 4.90. The number of hydrogen-bond donors (Lipinski definition) is 1. The van der Waals surface area contributed by atoms with E-state index in [1.54, 1.807) is 10.6 Å². The molecule has 2 aromatic rings. The van der Waals surface area contributed by atoms with Gasteiger partial charge in [-0.25, -0.2) is 13.8 Å². The highest BCUT2D eigenvalue weighted by Crippen LogP contribution is 2.34. The van der Waals surface area contributed by atoms with E-state index >= 15 is 0 Å². The third-order valence-corrected chi connectivity index (χ3v) is 4.89. The van der Waals surface area contributed by atoms with Gasteiger partial charge >= 0.3 is 0 Å². The highest BCUT2D eigenvalue weighted by molar-refractivity contribution is 5.66. The molecule has 0 saturated carbocycles. The summed E-state index contributed by atoms with van der Waals surface area (Å²) in [6, 6.07) is 5.05. The van der Waals surface area contributed by atoms with E-state index in [0.29, 0.717) is 59.1 Å². The van der Waals surface area contributed by atoms with Crippen LogP contribution in [0.25, 0.3) is 17.1 Å². The maximum absolute atomic E-state index is 14.5. The van der Waals surface area contributed by atoms with Gasteiger partial charge in [0.2, 0.25) is 0 Å². The molecular formula is C21H24F2N2O2. The molecular weight excluding hydrogens is 350 g/mol. The summed E-state index contributed by atoms with van der Waals surface area (Å²) >= 11 is 0. The fraction of sp³-hybridized carbons (Fsp3) is 0.381. The summed E-state index contributed by atoms with van der Waals surface area (Å²) in [6.07, 6.45) is 3.94. The number of halogens is 2. The number of aryl methyl sites for hydroxylation is 1. The van der Waals surface area contributed by atoms with Crippen LogP contribution in [0.5, 0.6) is 0 Å². The summed E-state index contributed by atoms with van der Waals surface area (Å²) in [5.41, 5.74) is 3.16. The summed E-state index contributed by atoms with van der Waals surface area (Å²) in [4.78, 5) is 4.49. The lowest BCUT2D eigenvalue weighted by atomic mass is 10.1. The summed E-state index contributed by atoms with van der Waals surface area (Å²) < 4.78 is 35.6. The van der Waals surface area contributed by atoms with Crippen molar-refractivity contribution in [2.45, 2.75) is 46.1 Å². The van der Waals surface area contributed by atoms with E-state index in [1.807, 2.05) is 19.9 Å². The van der Waals surface area contributed by atoms with E-state index in [1.165, 1.54) is 19.3 Å². The van der Waals surface area contributed by atoms with Crippen LogP contribution in [0, 0.1) is 12.7 Å². The molecule has 1 aromatic heterocycles. The zero-order valence-electron chi connectivity index (χ0n) is 15.9. The van der Waals surface area contributed by atoms with Gasteiger partial charge in [-0.3, -0.25) is 0 Å². The van der Waals surface area contributed by atoms with Crippen molar-refractivity contribution < 1.29 is 18.6 Å². The minimum atomic E-state index is -0.423. The molecule has 0 spiro atoms. The molecule has 0 bridgehead atoms. The molecule has 0 amide bonds. The molecule has 6 heteroatoms. The standard InChI is InChI=1S/C21H24F2N2O2/c1-4-5-14-6-7-15(10-17(14)22)21-24-19(12-26)13(2)25(21)16-8-9-20(27-3)18(23)11-16/h6-7,10-11,26H,4-5,8-9,12H2,1-3H3. The van der Waals surface area contributed by atoms with Gasteiger partial charge < -0.3 is 14.4 Å². The number of aromatic nitrogens is 2. The van der Waals surface area contributed by atoms with Crippen molar-refractivity contribution in [3.8, 4) is 11.4 Å². The Morgan fingerprint density at radius 1 is 1.26 bits per heavy atom. The van der Waals surface area contributed by atoms with Gasteiger partial charge in [-0.05, 0) is 37.5 Å². The number of allylic oxidation sites excluding steroid dienone is 4. The van der Waals surface area contributed by atoms with Crippen molar-refractivity contribution in [1.29, 1.82) is 0 Å². The number of rotatable bonds is 6. The molecule has 1 aliphatic rings. The Morgan fingerprint density at radius 2 is 2.04 bits per heavy atom. The predicted molar refractivity (Wildman–Crippen MR) is 101 cm³/mol. The zero-order valence-corrected chi connectivity index (χ0v) is 15.9. The topological polar surface area (TPSA) is 47.3 Å². The Labute approximate surface area is 157 Å². The Bertz CT molecular complexity index is 913. The average Bonchev–Trinajstić information content (AvgIpc) is 3.00. The lowest BCUT2D eigenvalue weighted by molar-refractivity contribution is 0.262. The Hall–Kier alpha value is -2.47. The number of methoxy groups -OCH3 is 1. The zero-order chi connectivity index (χ0) is 19.6. The van der Waals surface area contributed by atoms with Gasteiger partial charge in [-0.1, -0.05) is 25.5 Å². The number of aliphatic hydroxyl groups excluding tert-OH is 1. The monoisotopic (exact) mass is 374 g/mol. The molecule has 0 unspecified atom stereocenters. The van der Waals surface area contributed by atoms with Crippen molar-refractivity contribution in [2.24, 2.45) is 0 Å². The summed E-state index contributed by atoms with van der Waals surface area (Å²) in [5, 5.41) is 9.63. The molecule has 27 heavy (non-hydrogen) atoms. The van der Waals surface area contributed by atoms with E-state index in [-0.39, 0.29) is 12.4 Å². The first-order valence-electron chi connectivity index (χ1n) is 9.11. The van der Waals surface area contributed by atoms with E-state index in [9.17, 15) is 13.9 Å². The second-order valence-electron chi connectivity index (χ2n) is 6.63. The maximum atomic E-state index is 14.5. The fourth-order valence-corrected chi connectivity index (χ4v) is 3.44. The molecule has 0 radical (unpaired) electrons. The van der Waals surface area contributed by atoms with E-state index < -0.39 is 5.83 Å². The number of ether oxygens (including phenoxy) is 1. The summed E-state index contributed by atoms with van der Waals surface area (Å²) in [5.74, 6) is 0.110. The van der Waals surface area contributed by atoms with Gasteiger partial charge in [0.1, 0.15) is 17.4 Å². The second-order valence-corrected chi connectivity index (χ2v) is 6.63. The van der Waals surface area contributed by atoms with Crippen LogP contribution < -0.4 is 0 Å². The van der Waals surface area contributed by atoms with E-state index in [2.05, 4.69) is 4.98 Å². The Morgan fingerprint density at radius 3 is 2.63 bits per heavy atom. The highest BCUT2D eigenvalue weighted by Gasteiger charge is 2.22. The fourth-order valence-electron chi connectivity index (χ4n) is 3.44. The van der Waals surface area contributed by atoms with Crippen LogP contribution in [0.2, 0.25) is 0 Å². The second kappa shape index (κ2) is 8.05. The van der Waals surface area contributed by atoms with Crippen LogP contribution in [-0.2, 0) is 17.8 Å². The van der Waals surface area contributed by atoms with Gasteiger partial charge in [-0.2, -0.15) is 0 Å². The Kier molecular flexibility index (Phi) is 5.75. The molecule has 0 aliphatic heterocycles. The van der Waals surface area contributed by atoms with Crippen LogP contribution in [0.3, 0.4) is 0 Å². The van der Waals surface area contributed by atoms with Gasteiger partial charge in [-0.15, -0.1) is 0 Å². The van der Waals surface area contributed by atoms with Crippen molar-refractivity contribution in [3.63, 3.8) is 0 Å². The van der Waals surface area contributed by atoms with Crippen LogP contribution in [0.1, 0.15) is 43.1 Å². The third kappa shape index (κ3) is 3.67. The lowest BCUT2D eigenvalue weighted by Gasteiger charge is -2.19. The maximum Gasteiger partial charge on any atom is 0.162 e. The number of hydrogen-bond acceptors (Lipinski definition) is 3. The lowest BCUT2D eigenvalue weighted by Crippen LogP contribution is -2.08. The quantitative estimate of drug-likeness (QED) is 0.782. The van der Waals surface area contributed by atoms with Gasteiger partial charge in [0.25, 0.3) is 0 Å². The molecule has 3 rings (SSSR count). The number of imidazole rings is 1. The SMILES string of the molecule is CCCc1ccc(-c2nc(CO)c(C)n2C2=CC(F)=C(OC)CC2)cc1F. The molecule has 144 valence electrons. The van der Waals surface area contributed by atoms with Gasteiger partial charge in [0.15, 0.2) is 5.83 Å². The van der Waals surface area contributed by atoms with Crippen molar-refractivity contribution >= 4 is 5.70 Å². The third-order valence-electron chi connectivity index (χ3n) is 4.89. The highest BCUT2D eigenvalue weighted by atomic mass is 19.1. The molecule has 1 aromatic carbocycles. The minimum absolute atomic E-state index is 0.239. The van der Waals surface area contributed by atoms with E-state index in [0.717, 1.165) is 6.42 Å². The van der Waals surface area contributed by atoms with Crippen LogP contribution >= 0.6 is 0 Å². The smallest absolute Gasteiger partial charge is 0.162 e. The molecule has 1 heterocycles. The van der Waals surface area contributed by atoms with Crippen LogP contribution in [-0.4, -0.2) is 21.8 Å². The van der Waals surface area contributed by atoms with Gasteiger partial charge in [0.05, 0.1) is 19.4 Å². The molecule has 4 nitrogen and oxygen atoms in total. The van der Waals surface area contributed by atoms with Crippen molar-refractivity contribution in [3.05, 3.63) is 58.6 Å². The first kappa shape index (κ1) is 19.3. The minimum Gasteiger partial charge on any atom is -0.498 e. The normalized spacial score (nSPS) is 14.5. The van der Waals surface area contributed by atoms with Gasteiger partial charge in [0, 0.05) is 23.4 Å². The average molecular weight is 374 g/mol.